The first-order chi connectivity index (χ1) is 11.4. The number of hydrogen-bond acceptors (Lipinski definition) is 4. The second-order valence-corrected chi connectivity index (χ2v) is 5.32. The molecule has 2 rings (SSSR count). The molecule has 2 aromatic rings. The average molecular weight is 329 g/mol. The van der Waals surface area contributed by atoms with E-state index >= 15 is 0 Å². The van der Waals surface area contributed by atoms with Gasteiger partial charge in [-0.05, 0) is 44.0 Å². The number of nitrogens with zero attached hydrogens (tertiary/aromatic N) is 1. The molecule has 126 valence electrons. The maximum atomic E-state index is 14.4. The fourth-order valence-corrected chi connectivity index (χ4v) is 2.07. The number of amides is 1. The van der Waals surface area contributed by atoms with Crippen molar-refractivity contribution in [2.75, 3.05) is 17.7 Å². The third kappa shape index (κ3) is 3.90. The van der Waals surface area contributed by atoms with Crippen molar-refractivity contribution in [1.29, 1.82) is 0 Å². The molecule has 0 radical (unpaired) electrons. The molecule has 0 saturated carbocycles. The Morgan fingerprint density at radius 1 is 1.46 bits per heavy atom. The Morgan fingerprint density at radius 3 is 2.92 bits per heavy atom. The van der Waals surface area contributed by atoms with E-state index in [2.05, 4.69) is 16.9 Å². The summed E-state index contributed by atoms with van der Waals surface area (Å²) in [5.74, 6) is -0.981. The molecule has 0 aliphatic heterocycles. The van der Waals surface area contributed by atoms with Crippen molar-refractivity contribution in [3.8, 4) is 5.75 Å². The van der Waals surface area contributed by atoms with E-state index in [4.69, 9.17) is 10.5 Å². The number of aryl methyl sites for hydroxylation is 2. The number of nitrogens with one attached hydrogen (secondary N) is 1. The van der Waals surface area contributed by atoms with Gasteiger partial charge in [0.25, 0.3) is 5.91 Å². The number of anilines is 2. The molecule has 0 fully saturated rings. The molecule has 3 N–H and O–H groups in total. The van der Waals surface area contributed by atoms with Crippen LogP contribution in [0.5, 0.6) is 5.75 Å². The maximum absolute atomic E-state index is 14.4. The van der Waals surface area contributed by atoms with Crippen LogP contribution < -0.4 is 15.8 Å². The van der Waals surface area contributed by atoms with Crippen LogP contribution in [0.2, 0.25) is 0 Å². The minimum absolute atomic E-state index is 0.0220. The highest BCUT2D eigenvalue weighted by molar-refractivity contribution is 6.07. The second-order valence-electron chi connectivity index (χ2n) is 5.32. The molecule has 1 amide bonds. The van der Waals surface area contributed by atoms with E-state index in [9.17, 15) is 9.18 Å². The zero-order valence-electron chi connectivity index (χ0n) is 13.7. The number of benzene rings is 1. The van der Waals surface area contributed by atoms with Crippen molar-refractivity contribution in [3.05, 3.63) is 59.6 Å². The molecule has 0 atom stereocenters. The molecule has 0 aliphatic carbocycles. The van der Waals surface area contributed by atoms with Crippen LogP contribution in [0.4, 0.5) is 15.9 Å². The van der Waals surface area contributed by atoms with Crippen LogP contribution in [0.1, 0.15) is 28.0 Å². The van der Waals surface area contributed by atoms with Gasteiger partial charge in [0.1, 0.15) is 5.82 Å². The lowest BCUT2D eigenvalue weighted by Crippen LogP contribution is -2.17. The van der Waals surface area contributed by atoms with E-state index in [0.29, 0.717) is 13.0 Å². The van der Waals surface area contributed by atoms with Gasteiger partial charge in [0.15, 0.2) is 11.6 Å². The first-order valence-electron chi connectivity index (χ1n) is 7.51. The molecular formula is C18H20FN3O2. The zero-order chi connectivity index (χ0) is 17.7. The number of carbonyl (C=O) groups excluding carboxylic acids is 1. The van der Waals surface area contributed by atoms with Crippen LogP contribution in [-0.2, 0) is 0 Å². The number of nitrogens with two attached hydrogens (primary N) is 1. The molecular weight excluding hydrogens is 309 g/mol. The van der Waals surface area contributed by atoms with E-state index < -0.39 is 11.7 Å². The van der Waals surface area contributed by atoms with Crippen LogP contribution in [0.3, 0.4) is 0 Å². The van der Waals surface area contributed by atoms with Gasteiger partial charge in [-0.15, -0.1) is 6.58 Å². The predicted molar refractivity (Wildman–Crippen MR) is 92.8 cm³/mol. The molecule has 0 aliphatic rings. The number of hydrogen-bond donors (Lipinski definition) is 2. The number of rotatable bonds is 6. The van der Waals surface area contributed by atoms with Gasteiger partial charge in [0.05, 0.1) is 17.9 Å². The van der Waals surface area contributed by atoms with Gasteiger partial charge < -0.3 is 15.8 Å². The molecule has 0 saturated heterocycles. The number of pyridine rings is 1. The lowest BCUT2D eigenvalue weighted by molar-refractivity contribution is 0.102. The van der Waals surface area contributed by atoms with Crippen LogP contribution in [0.15, 0.2) is 36.9 Å². The molecule has 24 heavy (non-hydrogen) atoms. The van der Waals surface area contributed by atoms with E-state index in [1.165, 1.54) is 12.1 Å². The number of aromatic nitrogens is 1. The lowest BCUT2D eigenvalue weighted by atomic mass is 10.1. The molecule has 0 unspecified atom stereocenters. The Hall–Kier alpha value is -2.89. The number of carbonyl (C=O) groups is 1. The Morgan fingerprint density at radius 2 is 2.21 bits per heavy atom. The van der Waals surface area contributed by atoms with Gasteiger partial charge in [-0.25, -0.2) is 9.37 Å². The Balaban J connectivity index is 2.22. The molecule has 1 aromatic carbocycles. The molecule has 1 aromatic heterocycles. The van der Waals surface area contributed by atoms with Crippen molar-refractivity contribution >= 4 is 17.4 Å². The maximum Gasteiger partial charge on any atom is 0.259 e. The molecule has 5 nitrogen and oxygen atoms in total. The summed E-state index contributed by atoms with van der Waals surface area (Å²) in [6.45, 7) is 7.52. The second kappa shape index (κ2) is 7.59. The summed E-state index contributed by atoms with van der Waals surface area (Å²) in [5, 5.41) is 2.51. The predicted octanol–water partition coefficient (Wildman–Crippen LogP) is 3.63. The highest BCUT2D eigenvalue weighted by atomic mass is 19.1. The van der Waals surface area contributed by atoms with E-state index in [-0.39, 0.29) is 22.8 Å². The molecule has 0 spiro atoms. The first-order valence-corrected chi connectivity index (χ1v) is 7.51. The summed E-state index contributed by atoms with van der Waals surface area (Å²) in [4.78, 5) is 16.5. The topological polar surface area (TPSA) is 77.2 Å². The number of nitrogen functional groups attached to an aromatic ring is 1. The van der Waals surface area contributed by atoms with Crippen molar-refractivity contribution in [2.45, 2.75) is 20.3 Å². The monoisotopic (exact) mass is 329 g/mol. The van der Waals surface area contributed by atoms with E-state index in [1.54, 1.807) is 25.1 Å². The zero-order valence-corrected chi connectivity index (χ0v) is 13.7. The van der Waals surface area contributed by atoms with Gasteiger partial charge in [0.2, 0.25) is 0 Å². The minimum atomic E-state index is -0.634. The summed E-state index contributed by atoms with van der Waals surface area (Å²) < 4.78 is 19.7. The highest BCUT2D eigenvalue weighted by Gasteiger charge is 2.16. The largest absolute Gasteiger partial charge is 0.490 e. The lowest BCUT2D eigenvalue weighted by Gasteiger charge is -2.12. The smallest absolute Gasteiger partial charge is 0.259 e. The fourth-order valence-electron chi connectivity index (χ4n) is 2.07. The summed E-state index contributed by atoms with van der Waals surface area (Å²) >= 11 is 0. The van der Waals surface area contributed by atoms with E-state index in [1.807, 2.05) is 6.92 Å². The van der Waals surface area contributed by atoms with Crippen LogP contribution in [0.25, 0.3) is 0 Å². The minimum Gasteiger partial charge on any atom is -0.490 e. The SMILES string of the molecule is C=CCCOc1cccc(NC(=O)c2cc(C)c(C)nc2N)c1F. The number of ether oxygens (including phenoxy) is 1. The Kier molecular flexibility index (Phi) is 5.52. The summed E-state index contributed by atoms with van der Waals surface area (Å²) in [6, 6.07) is 6.19. The Bertz CT molecular complexity index is 775. The summed E-state index contributed by atoms with van der Waals surface area (Å²) in [7, 11) is 0. The quantitative estimate of drug-likeness (QED) is 0.627. The van der Waals surface area contributed by atoms with Crippen molar-refractivity contribution in [3.63, 3.8) is 0 Å². The molecule has 6 heteroatoms. The standard InChI is InChI=1S/C18H20FN3O2/c1-4-5-9-24-15-8-6-7-14(16(15)19)22-18(23)13-10-11(2)12(3)21-17(13)20/h4,6-8,10H,1,5,9H2,2-3H3,(H2,20,21)(H,22,23). The summed E-state index contributed by atoms with van der Waals surface area (Å²) in [6.07, 6.45) is 2.28. The molecule has 1 heterocycles. The van der Waals surface area contributed by atoms with Gasteiger partial charge in [-0.1, -0.05) is 12.1 Å². The summed E-state index contributed by atoms with van der Waals surface area (Å²) in [5.41, 5.74) is 7.59. The fraction of sp³-hybridized carbons (Fsp3) is 0.222. The van der Waals surface area contributed by atoms with Crippen LogP contribution in [0, 0.1) is 19.7 Å². The Labute approximate surface area is 140 Å². The van der Waals surface area contributed by atoms with Crippen molar-refractivity contribution in [2.24, 2.45) is 0 Å². The van der Waals surface area contributed by atoms with Crippen LogP contribution in [-0.4, -0.2) is 17.5 Å². The normalized spacial score (nSPS) is 10.3. The van der Waals surface area contributed by atoms with Crippen LogP contribution >= 0.6 is 0 Å². The van der Waals surface area contributed by atoms with Gasteiger partial charge >= 0.3 is 0 Å². The van der Waals surface area contributed by atoms with Crippen molar-refractivity contribution < 1.29 is 13.9 Å². The van der Waals surface area contributed by atoms with Gasteiger partial charge in [0, 0.05) is 5.69 Å². The van der Waals surface area contributed by atoms with E-state index in [0.717, 1.165) is 11.3 Å². The van der Waals surface area contributed by atoms with Gasteiger partial charge in [-0.2, -0.15) is 0 Å². The van der Waals surface area contributed by atoms with Gasteiger partial charge in [-0.3, -0.25) is 4.79 Å². The number of halogens is 1. The molecule has 0 bridgehead atoms. The first kappa shape index (κ1) is 17.5. The third-order valence-corrected chi connectivity index (χ3v) is 3.53. The third-order valence-electron chi connectivity index (χ3n) is 3.53. The van der Waals surface area contributed by atoms with Crippen molar-refractivity contribution in [1.82, 2.24) is 4.98 Å². The highest BCUT2D eigenvalue weighted by Crippen LogP contribution is 2.25. The average Bonchev–Trinajstić information content (AvgIpc) is 2.54.